The van der Waals surface area contributed by atoms with E-state index in [1.54, 1.807) is 0 Å². The summed E-state index contributed by atoms with van der Waals surface area (Å²) in [6, 6.07) is 30.0. The van der Waals surface area contributed by atoms with Gasteiger partial charge in [-0.25, -0.2) is 0 Å². The molecule has 2 aliphatic carbocycles. The van der Waals surface area contributed by atoms with Gasteiger partial charge in [-0.1, -0.05) is 84.9 Å². The summed E-state index contributed by atoms with van der Waals surface area (Å²) in [5, 5.41) is 0. The van der Waals surface area contributed by atoms with E-state index < -0.39 is 0 Å². The van der Waals surface area contributed by atoms with E-state index in [0.717, 1.165) is 57.1 Å². The minimum absolute atomic E-state index is 0.102. The molecule has 0 radical (unpaired) electrons. The van der Waals surface area contributed by atoms with Crippen molar-refractivity contribution in [2.24, 2.45) is 0 Å². The molecule has 38 heavy (non-hydrogen) atoms. The molecule has 1 fully saturated rings. The zero-order chi connectivity index (χ0) is 26.2. The molecule has 6 rings (SSSR count). The fourth-order valence-corrected chi connectivity index (χ4v) is 7.36. The molecule has 3 aromatic carbocycles. The fraction of sp³-hybridized carbons (Fsp3) is 0.343. The lowest BCUT2D eigenvalue weighted by molar-refractivity contribution is -0.133. The summed E-state index contributed by atoms with van der Waals surface area (Å²) in [6.07, 6.45) is 10.9. The van der Waals surface area contributed by atoms with E-state index in [0.29, 0.717) is 0 Å². The highest BCUT2D eigenvalue weighted by atomic mass is 16.2. The van der Waals surface area contributed by atoms with Crippen LogP contribution >= 0.6 is 0 Å². The molecule has 1 aliphatic heterocycles. The molecule has 1 amide bonds. The van der Waals surface area contributed by atoms with Gasteiger partial charge in [0.05, 0.1) is 5.54 Å². The van der Waals surface area contributed by atoms with Gasteiger partial charge in [0, 0.05) is 18.2 Å². The van der Waals surface area contributed by atoms with Gasteiger partial charge in [0.15, 0.2) is 0 Å². The van der Waals surface area contributed by atoms with E-state index in [4.69, 9.17) is 0 Å². The number of fused-ring (bicyclic) bond motifs is 3. The van der Waals surface area contributed by atoms with Gasteiger partial charge in [-0.2, -0.15) is 0 Å². The molecule has 0 unspecified atom stereocenters. The molecule has 194 valence electrons. The summed E-state index contributed by atoms with van der Waals surface area (Å²) >= 11 is 0. The number of amides is 1. The number of hydrogen-bond donors (Lipinski definition) is 0. The van der Waals surface area contributed by atoms with Crippen LogP contribution in [0.25, 0.3) is 11.6 Å². The first-order valence-corrected chi connectivity index (χ1v) is 14.1. The van der Waals surface area contributed by atoms with Crippen molar-refractivity contribution >= 4 is 17.6 Å². The number of likely N-dealkylation sites (N-methyl/N-ethyl adjacent to an activating group) is 1. The Hall–Kier alpha value is -3.43. The van der Waals surface area contributed by atoms with Crippen molar-refractivity contribution in [1.29, 1.82) is 0 Å². The minimum Gasteiger partial charge on any atom is -0.329 e. The van der Waals surface area contributed by atoms with E-state index in [1.165, 1.54) is 27.8 Å². The summed E-state index contributed by atoms with van der Waals surface area (Å²) in [5.41, 5.74) is 8.23. The van der Waals surface area contributed by atoms with Crippen molar-refractivity contribution in [3.63, 3.8) is 0 Å². The van der Waals surface area contributed by atoms with Crippen LogP contribution < -0.4 is 0 Å². The largest absolute Gasteiger partial charge is 0.329 e. The Balaban J connectivity index is 1.35. The zero-order valence-corrected chi connectivity index (χ0v) is 22.7. The van der Waals surface area contributed by atoms with Gasteiger partial charge >= 0.3 is 0 Å². The first-order chi connectivity index (χ1) is 18.5. The summed E-state index contributed by atoms with van der Waals surface area (Å²) in [6.45, 7) is 0.790. The maximum absolute atomic E-state index is 13.9. The fourth-order valence-electron chi connectivity index (χ4n) is 7.36. The smallest absolute Gasteiger partial charge is 0.247 e. The Morgan fingerprint density at radius 3 is 2.24 bits per heavy atom. The zero-order valence-electron chi connectivity index (χ0n) is 22.7. The van der Waals surface area contributed by atoms with E-state index >= 15 is 0 Å². The third kappa shape index (κ3) is 4.33. The van der Waals surface area contributed by atoms with Crippen LogP contribution in [0.3, 0.4) is 0 Å². The second kappa shape index (κ2) is 10.0. The van der Waals surface area contributed by atoms with Gasteiger partial charge in [0.25, 0.3) is 0 Å². The molecular weight excluding hydrogens is 464 g/mol. The Bertz CT molecular complexity index is 1360. The molecule has 1 spiro atoms. The SMILES string of the molecule is CN(C)C1(Cc2ccccc2)CCC2(CC1)C1=C(CCN2C(=O)/C=C/c2ccccc2)c2ccccc2C1. The van der Waals surface area contributed by atoms with Gasteiger partial charge in [-0.15, -0.1) is 0 Å². The second-order valence-corrected chi connectivity index (χ2v) is 11.6. The molecule has 0 aromatic heterocycles. The molecule has 0 saturated heterocycles. The summed E-state index contributed by atoms with van der Waals surface area (Å²) in [7, 11) is 4.48. The topological polar surface area (TPSA) is 23.6 Å². The van der Waals surface area contributed by atoms with Gasteiger partial charge < -0.3 is 9.80 Å². The second-order valence-electron chi connectivity index (χ2n) is 11.6. The first-order valence-electron chi connectivity index (χ1n) is 14.1. The normalized spacial score (nSPS) is 24.8. The average molecular weight is 503 g/mol. The van der Waals surface area contributed by atoms with E-state index in [1.807, 2.05) is 30.4 Å². The summed E-state index contributed by atoms with van der Waals surface area (Å²) < 4.78 is 0. The van der Waals surface area contributed by atoms with Crippen molar-refractivity contribution < 1.29 is 4.79 Å². The lowest BCUT2D eigenvalue weighted by Gasteiger charge is -2.56. The molecule has 3 heteroatoms. The molecule has 0 N–H and O–H groups in total. The van der Waals surface area contributed by atoms with E-state index in [9.17, 15) is 4.79 Å². The minimum atomic E-state index is -0.207. The predicted octanol–water partition coefficient (Wildman–Crippen LogP) is 6.80. The van der Waals surface area contributed by atoms with Crippen LogP contribution in [-0.2, 0) is 17.6 Å². The monoisotopic (exact) mass is 502 g/mol. The molecule has 3 aliphatic rings. The van der Waals surface area contributed by atoms with Crippen molar-refractivity contribution in [2.45, 2.75) is 56.0 Å². The van der Waals surface area contributed by atoms with Gasteiger partial charge in [0.1, 0.15) is 0 Å². The third-order valence-corrected chi connectivity index (χ3v) is 9.55. The highest BCUT2D eigenvalue weighted by Gasteiger charge is 2.53. The summed E-state index contributed by atoms with van der Waals surface area (Å²) in [5.74, 6) is 0.150. The quantitative estimate of drug-likeness (QED) is 0.358. The Morgan fingerprint density at radius 2 is 1.53 bits per heavy atom. The standard InChI is InChI=1S/C35H38N2O/c1-36(2)34(26-28-13-7-4-8-14-28)20-22-35(23-21-34)32-25-29-15-9-10-16-30(29)31(32)19-24-37(35)33(38)18-17-27-11-5-3-6-12-27/h3-18H,19-26H2,1-2H3/b18-17+. The van der Waals surface area contributed by atoms with Gasteiger partial charge in [-0.3, -0.25) is 4.79 Å². The maximum atomic E-state index is 13.9. The van der Waals surface area contributed by atoms with Crippen LogP contribution in [0.2, 0.25) is 0 Å². The Morgan fingerprint density at radius 1 is 0.868 bits per heavy atom. The van der Waals surface area contributed by atoms with Crippen molar-refractivity contribution in [1.82, 2.24) is 9.80 Å². The van der Waals surface area contributed by atoms with Crippen LogP contribution in [0.5, 0.6) is 0 Å². The van der Waals surface area contributed by atoms with Crippen molar-refractivity contribution in [3.05, 3.63) is 119 Å². The van der Waals surface area contributed by atoms with E-state index in [-0.39, 0.29) is 17.0 Å². The van der Waals surface area contributed by atoms with Crippen molar-refractivity contribution in [3.8, 4) is 0 Å². The van der Waals surface area contributed by atoms with Crippen LogP contribution in [0.4, 0.5) is 0 Å². The maximum Gasteiger partial charge on any atom is 0.247 e. The number of nitrogens with zero attached hydrogens (tertiary/aromatic N) is 2. The molecule has 3 aromatic rings. The lowest BCUT2D eigenvalue weighted by Crippen LogP contribution is -2.61. The van der Waals surface area contributed by atoms with Crippen LogP contribution in [-0.4, -0.2) is 47.4 Å². The van der Waals surface area contributed by atoms with Gasteiger partial charge in [0.2, 0.25) is 5.91 Å². The van der Waals surface area contributed by atoms with Gasteiger partial charge in [-0.05, 0) is 98.5 Å². The van der Waals surface area contributed by atoms with E-state index in [2.05, 4.69) is 90.6 Å². The number of benzene rings is 3. The number of carbonyl (C=O) groups excluding carboxylic acids is 1. The Kier molecular flexibility index (Phi) is 6.57. The Labute approximate surface area is 227 Å². The van der Waals surface area contributed by atoms with Crippen LogP contribution in [0.15, 0.2) is 96.6 Å². The average Bonchev–Trinajstić information content (AvgIpc) is 3.34. The number of rotatable bonds is 5. The summed E-state index contributed by atoms with van der Waals surface area (Å²) in [4.78, 5) is 18.6. The third-order valence-electron chi connectivity index (χ3n) is 9.55. The molecule has 1 heterocycles. The molecule has 3 nitrogen and oxygen atoms in total. The van der Waals surface area contributed by atoms with Crippen LogP contribution in [0.1, 0.15) is 54.4 Å². The molecule has 0 atom stereocenters. The molecule has 1 saturated carbocycles. The van der Waals surface area contributed by atoms with Crippen molar-refractivity contribution in [2.75, 3.05) is 20.6 Å². The lowest BCUT2D eigenvalue weighted by atomic mass is 9.64. The first kappa shape index (κ1) is 24.9. The molecular formula is C35H38N2O. The highest BCUT2D eigenvalue weighted by molar-refractivity contribution is 5.94. The molecule has 0 bridgehead atoms. The van der Waals surface area contributed by atoms with Crippen LogP contribution in [0, 0.1) is 0 Å². The highest BCUT2D eigenvalue weighted by Crippen LogP contribution is 2.53. The number of carbonyl (C=O) groups is 1. The number of hydrogen-bond acceptors (Lipinski definition) is 2. The predicted molar refractivity (Wildman–Crippen MR) is 157 cm³/mol.